The minimum absolute atomic E-state index is 0.253. The van der Waals surface area contributed by atoms with Crippen LogP contribution in [0, 0.1) is 0 Å². The molecular weight excluding hydrogens is 244 g/mol. The zero-order valence-corrected chi connectivity index (χ0v) is 11.8. The quantitative estimate of drug-likeness (QED) is 0.846. The molecule has 19 heavy (non-hydrogen) atoms. The monoisotopic (exact) mass is 266 g/mol. The fourth-order valence-corrected chi connectivity index (χ4v) is 2.04. The number of hydrogen-bond acceptors (Lipinski definition) is 6. The van der Waals surface area contributed by atoms with Crippen molar-refractivity contribution in [2.75, 3.05) is 38.3 Å². The highest BCUT2D eigenvalue weighted by molar-refractivity contribution is 5.34. The minimum atomic E-state index is 0.253. The number of morpholine rings is 1. The maximum absolute atomic E-state index is 5.55. The molecule has 0 spiro atoms. The zero-order chi connectivity index (χ0) is 13.7. The summed E-state index contributed by atoms with van der Waals surface area (Å²) in [6, 6.07) is 2.46. The van der Waals surface area contributed by atoms with E-state index < -0.39 is 0 Å². The zero-order valence-electron chi connectivity index (χ0n) is 11.8. The molecule has 1 aromatic heterocycles. The van der Waals surface area contributed by atoms with Crippen LogP contribution < -0.4 is 15.0 Å². The van der Waals surface area contributed by atoms with Crippen molar-refractivity contribution in [2.24, 2.45) is 0 Å². The molecule has 1 fully saturated rings. The van der Waals surface area contributed by atoms with Crippen molar-refractivity contribution in [3.63, 3.8) is 0 Å². The normalized spacial score (nSPS) is 19.8. The lowest BCUT2D eigenvalue weighted by atomic mass is 10.2. The fraction of sp³-hybridized carbons (Fsp3) is 0.692. The van der Waals surface area contributed by atoms with Crippen molar-refractivity contribution in [3.8, 4) is 5.88 Å². The highest BCUT2D eigenvalue weighted by Gasteiger charge is 2.25. The summed E-state index contributed by atoms with van der Waals surface area (Å²) < 4.78 is 10.7. The van der Waals surface area contributed by atoms with Crippen LogP contribution in [0.25, 0.3) is 0 Å². The van der Waals surface area contributed by atoms with Gasteiger partial charge in [0.15, 0.2) is 0 Å². The number of hydrogen-bond donors (Lipinski definition) is 1. The van der Waals surface area contributed by atoms with Crippen molar-refractivity contribution >= 4 is 5.95 Å². The Morgan fingerprint density at radius 1 is 1.58 bits per heavy atom. The van der Waals surface area contributed by atoms with Crippen LogP contribution in [0.3, 0.4) is 0 Å². The van der Waals surface area contributed by atoms with Crippen molar-refractivity contribution < 1.29 is 9.47 Å². The summed E-state index contributed by atoms with van der Waals surface area (Å²) in [7, 11) is 1.61. The lowest BCUT2D eigenvalue weighted by molar-refractivity contribution is 0.0922. The van der Waals surface area contributed by atoms with Gasteiger partial charge in [-0.05, 0) is 0 Å². The molecule has 1 unspecified atom stereocenters. The maximum Gasteiger partial charge on any atom is 0.229 e. The van der Waals surface area contributed by atoms with Gasteiger partial charge in [0.05, 0.1) is 26.4 Å². The molecule has 1 aromatic rings. The number of nitrogens with one attached hydrogen (secondary N) is 1. The molecule has 106 valence electrons. The van der Waals surface area contributed by atoms with Gasteiger partial charge in [-0.25, -0.2) is 4.98 Å². The molecular formula is C13H22N4O2. The van der Waals surface area contributed by atoms with Gasteiger partial charge < -0.3 is 19.7 Å². The van der Waals surface area contributed by atoms with Crippen LogP contribution in [0.1, 0.15) is 13.8 Å². The van der Waals surface area contributed by atoms with E-state index in [0.717, 1.165) is 13.1 Å². The third-order valence-electron chi connectivity index (χ3n) is 3.07. The minimum Gasteiger partial charge on any atom is -0.481 e. The molecule has 1 saturated heterocycles. The van der Waals surface area contributed by atoms with E-state index in [2.05, 4.69) is 34.0 Å². The summed E-state index contributed by atoms with van der Waals surface area (Å²) in [6.45, 7) is 7.33. The van der Waals surface area contributed by atoms with E-state index in [4.69, 9.17) is 9.47 Å². The van der Waals surface area contributed by atoms with Gasteiger partial charge >= 0.3 is 0 Å². The lowest BCUT2D eigenvalue weighted by Crippen LogP contribution is -2.52. The van der Waals surface area contributed by atoms with Crippen LogP contribution in [-0.4, -0.2) is 55.5 Å². The van der Waals surface area contributed by atoms with Gasteiger partial charge in [0.25, 0.3) is 0 Å². The van der Waals surface area contributed by atoms with E-state index in [1.165, 1.54) is 0 Å². The predicted octanol–water partition coefficient (Wildman–Crippen LogP) is 0.688. The number of nitrogens with zero attached hydrogens (tertiary/aromatic N) is 3. The average molecular weight is 266 g/mol. The molecule has 0 bridgehead atoms. The smallest absolute Gasteiger partial charge is 0.229 e. The first-order chi connectivity index (χ1) is 9.20. The molecule has 0 saturated carbocycles. The van der Waals surface area contributed by atoms with Crippen molar-refractivity contribution in [1.82, 2.24) is 15.3 Å². The first-order valence-electron chi connectivity index (χ1n) is 6.65. The lowest BCUT2D eigenvalue weighted by Gasteiger charge is -2.36. The third kappa shape index (κ3) is 3.78. The van der Waals surface area contributed by atoms with Crippen LogP contribution in [-0.2, 0) is 4.74 Å². The molecule has 2 heterocycles. The topological polar surface area (TPSA) is 59.5 Å². The summed E-state index contributed by atoms with van der Waals surface area (Å²) in [4.78, 5) is 10.9. The van der Waals surface area contributed by atoms with E-state index in [0.29, 0.717) is 31.1 Å². The van der Waals surface area contributed by atoms with Crippen molar-refractivity contribution in [2.45, 2.75) is 25.9 Å². The number of aromatic nitrogens is 2. The third-order valence-corrected chi connectivity index (χ3v) is 3.07. The van der Waals surface area contributed by atoms with Gasteiger partial charge in [-0.2, -0.15) is 4.98 Å². The van der Waals surface area contributed by atoms with E-state index in [1.54, 1.807) is 19.4 Å². The summed E-state index contributed by atoms with van der Waals surface area (Å²) in [5.41, 5.74) is 0. The molecule has 0 amide bonds. The summed E-state index contributed by atoms with van der Waals surface area (Å²) in [5, 5.41) is 3.44. The highest BCUT2D eigenvalue weighted by atomic mass is 16.5. The second-order valence-electron chi connectivity index (χ2n) is 4.88. The van der Waals surface area contributed by atoms with Gasteiger partial charge in [-0.3, -0.25) is 0 Å². The van der Waals surface area contributed by atoms with Gasteiger partial charge in [0, 0.05) is 31.4 Å². The van der Waals surface area contributed by atoms with Crippen LogP contribution in [0.5, 0.6) is 5.88 Å². The standard InChI is InChI=1S/C13H22N4O2/c1-10(2)15-8-11-9-19-7-6-17(11)13-14-5-4-12(16-13)18-3/h4-5,10-11,15H,6-9H2,1-3H3. The summed E-state index contributed by atoms with van der Waals surface area (Å²) in [5.74, 6) is 1.30. The molecule has 6 nitrogen and oxygen atoms in total. The Bertz CT molecular complexity index is 400. The Hall–Kier alpha value is -1.40. The fourth-order valence-electron chi connectivity index (χ4n) is 2.04. The predicted molar refractivity (Wildman–Crippen MR) is 73.7 cm³/mol. The number of methoxy groups -OCH3 is 1. The molecule has 0 aromatic carbocycles. The first-order valence-corrected chi connectivity index (χ1v) is 6.65. The number of ether oxygens (including phenoxy) is 2. The van der Waals surface area contributed by atoms with E-state index in [-0.39, 0.29) is 6.04 Å². The first kappa shape index (κ1) is 14.0. The van der Waals surface area contributed by atoms with Crippen LogP contribution >= 0.6 is 0 Å². The van der Waals surface area contributed by atoms with Gasteiger partial charge in [-0.1, -0.05) is 13.8 Å². The van der Waals surface area contributed by atoms with Gasteiger partial charge in [-0.15, -0.1) is 0 Å². The summed E-state index contributed by atoms with van der Waals surface area (Å²) >= 11 is 0. The van der Waals surface area contributed by atoms with E-state index >= 15 is 0 Å². The van der Waals surface area contributed by atoms with Crippen molar-refractivity contribution in [1.29, 1.82) is 0 Å². The SMILES string of the molecule is COc1ccnc(N2CCOCC2CNC(C)C)n1. The van der Waals surface area contributed by atoms with Crippen LogP contribution in [0.15, 0.2) is 12.3 Å². The van der Waals surface area contributed by atoms with Crippen molar-refractivity contribution in [3.05, 3.63) is 12.3 Å². The molecule has 0 aliphatic carbocycles. The Morgan fingerprint density at radius 3 is 3.16 bits per heavy atom. The van der Waals surface area contributed by atoms with Crippen LogP contribution in [0.2, 0.25) is 0 Å². The highest BCUT2D eigenvalue weighted by Crippen LogP contribution is 2.17. The second-order valence-corrected chi connectivity index (χ2v) is 4.88. The molecule has 2 rings (SSSR count). The van der Waals surface area contributed by atoms with Crippen LogP contribution in [0.4, 0.5) is 5.95 Å². The molecule has 6 heteroatoms. The Kier molecular flexibility index (Phi) is 4.93. The van der Waals surface area contributed by atoms with E-state index in [9.17, 15) is 0 Å². The Balaban J connectivity index is 2.09. The van der Waals surface area contributed by atoms with Gasteiger partial charge in [0.1, 0.15) is 0 Å². The Labute approximate surface area is 114 Å². The largest absolute Gasteiger partial charge is 0.481 e. The Morgan fingerprint density at radius 2 is 2.42 bits per heavy atom. The summed E-state index contributed by atoms with van der Waals surface area (Å²) in [6.07, 6.45) is 1.73. The molecule has 1 N–H and O–H groups in total. The van der Waals surface area contributed by atoms with E-state index in [1.807, 2.05) is 0 Å². The van der Waals surface area contributed by atoms with Gasteiger partial charge in [0.2, 0.25) is 11.8 Å². The molecule has 1 aliphatic rings. The number of rotatable bonds is 5. The molecule has 1 aliphatic heterocycles. The number of anilines is 1. The molecule has 1 atom stereocenters. The average Bonchev–Trinajstić information content (AvgIpc) is 2.45. The second kappa shape index (κ2) is 6.68. The molecule has 0 radical (unpaired) electrons. The maximum atomic E-state index is 5.55.